The van der Waals surface area contributed by atoms with Crippen LogP contribution in [0.25, 0.3) is 0 Å². The van der Waals surface area contributed by atoms with Crippen LogP contribution in [0, 0.1) is 0 Å². The Balaban J connectivity index is 2.44. The van der Waals surface area contributed by atoms with Crippen molar-refractivity contribution in [3.05, 3.63) is 30.1 Å². The Labute approximate surface area is 101 Å². The Morgan fingerprint density at radius 1 is 1.53 bits per heavy atom. The fourth-order valence-electron chi connectivity index (χ4n) is 2.72. The number of hydrogen-bond donors (Lipinski definition) is 2. The molecule has 1 aliphatic heterocycles. The highest BCUT2D eigenvalue weighted by molar-refractivity contribution is 5.81. The van der Waals surface area contributed by atoms with Crippen LogP contribution in [-0.4, -0.2) is 28.1 Å². The van der Waals surface area contributed by atoms with Crippen LogP contribution < -0.4 is 5.32 Å². The van der Waals surface area contributed by atoms with Gasteiger partial charge in [0, 0.05) is 17.9 Å². The smallest absolute Gasteiger partial charge is 0.314 e. The van der Waals surface area contributed by atoms with Crippen LogP contribution in [0.1, 0.15) is 32.3 Å². The van der Waals surface area contributed by atoms with Crippen LogP contribution in [0.2, 0.25) is 0 Å². The van der Waals surface area contributed by atoms with E-state index < -0.39 is 11.4 Å². The minimum Gasteiger partial charge on any atom is -0.481 e. The lowest BCUT2D eigenvalue weighted by Gasteiger charge is -2.43. The first kappa shape index (κ1) is 12.0. The van der Waals surface area contributed by atoms with Crippen molar-refractivity contribution in [2.75, 3.05) is 6.54 Å². The first-order valence-corrected chi connectivity index (χ1v) is 5.85. The van der Waals surface area contributed by atoms with Gasteiger partial charge in [0.2, 0.25) is 0 Å². The van der Waals surface area contributed by atoms with E-state index in [1.807, 2.05) is 19.9 Å². The maximum atomic E-state index is 11.7. The van der Waals surface area contributed by atoms with Crippen molar-refractivity contribution < 1.29 is 9.90 Å². The molecule has 0 aromatic carbocycles. The third kappa shape index (κ3) is 2.17. The third-order valence-electron chi connectivity index (χ3n) is 3.52. The van der Waals surface area contributed by atoms with Crippen LogP contribution in [0.4, 0.5) is 0 Å². The molecule has 0 bridgehead atoms. The molecule has 1 aromatic rings. The van der Waals surface area contributed by atoms with Gasteiger partial charge < -0.3 is 10.4 Å². The van der Waals surface area contributed by atoms with Crippen molar-refractivity contribution in [3.8, 4) is 0 Å². The molecule has 1 unspecified atom stereocenters. The summed E-state index contributed by atoms with van der Waals surface area (Å²) in [6, 6.07) is 3.66. The average molecular weight is 234 g/mol. The number of pyridine rings is 1. The Morgan fingerprint density at radius 2 is 2.29 bits per heavy atom. The SMILES string of the molecule is CC1(C)CC(C(=O)O)(c2cccnc2)CCN1. The van der Waals surface area contributed by atoms with Gasteiger partial charge in [0.15, 0.2) is 0 Å². The number of piperidine rings is 1. The topological polar surface area (TPSA) is 62.2 Å². The lowest BCUT2D eigenvalue weighted by molar-refractivity contribution is -0.146. The monoisotopic (exact) mass is 234 g/mol. The molecule has 2 heterocycles. The first-order valence-electron chi connectivity index (χ1n) is 5.85. The fourth-order valence-corrected chi connectivity index (χ4v) is 2.72. The summed E-state index contributed by atoms with van der Waals surface area (Å²) in [6.07, 6.45) is 4.54. The number of hydrogen-bond acceptors (Lipinski definition) is 3. The quantitative estimate of drug-likeness (QED) is 0.815. The fraction of sp³-hybridized carbons (Fsp3) is 0.538. The molecule has 1 saturated heterocycles. The molecule has 2 N–H and O–H groups in total. The second-order valence-corrected chi connectivity index (χ2v) is 5.37. The lowest BCUT2D eigenvalue weighted by Crippen LogP contribution is -2.55. The molecular formula is C13H18N2O2. The Kier molecular flexibility index (Phi) is 2.91. The van der Waals surface area contributed by atoms with E-state index in [0.717, 1.165) is 5.56 Å². The molecule has 0 radical (unpaired) electrons. The number of rotatable bonds is 2. The summed E-state index contributed by atoms with van der Waals surface area (Å²) in [5, 5.41) is 13.0. The number of carboxylic acids is 1. The largest absolute Gasteiger partial charge is 0.481 e. The summed E-state index contributed by atoms with van der Waals surface area (Å²) in [6.45, 7) is 4.80. The third-order valence-corrected chi connectivity index (χ3v) is 3.52. The van der Waals surface area contributed by atoms with Gasteiger partial charge in [-0.05, 0) is 44.9 Å². The van der Waals surface area contributed by atoms with Gasteiger partial charge in [-0.25, -0.2) is 0 Å². The molecule has 17 heavy (non-hydrogen) atoms. The lowest BCUT2D eigenvalue weighted by atomic mass is 9.68. The Bertz CT molecular complexity index is 417. The molecule has 0 spiro atoms. The summed E-state index contributed by atoms with van der Waals surface area (Å²) in [5.74, 6) is -0.750. The van der Waals surface area contributed by atoms with E-state index in [1.54, 1.807) is 18.5 Å². The molecule has 4 heteroatoms. The van der Waals surface area contributed by atoms with Crippen LogP contribution >= 0.6 is 0 Å². The van der Waals surface area contributed by atoms with Gasteiger partial charge >= 0.3 is 5.97 Å². The van der Waals surface area contributed by atoms with Gasteiger partial charge in [0.1, 0.15) is 0 Å². The number of nitrogens with one attached hydrogen (secondary N) is 1. The normalized spacial score (nSPS) is 27.6. The van der Waals surface area contributed by atoms with Gasteiger partial charge in [-0.15, -0.1) is 0 Å². The number of carbonyl (C=O) groups is 1. The van der Waals surface area contributed by atoms with Crippen molar-refractivity contribution in [2.24, 2.45) is 0 Å². The molecule has 2 rings (SSSR count). The predicted molar refractivity (Wildman–Crippen MR) is 64.9 cm³/mol. The summed E-state index contributed by atoms with van der Waals surface area (Å²) < 4.78 is 0. The number of carboxylic acid groups (broad SMARTS) is 1. The average Bonchev–Trinajstić information content (AvgIpc) is 2.28. The summed E-state index contributed by atoms with van der Waals surface area (Å²) in [4.78, 5) is 15.8. The molecule has 1 aromatic heterocycles. The second kappa shape index (κ2) is 4.11. The molecule has 92 valence electrons. The molecule has 0 saturated carbocycles. The molecule has 0 aliphatic carbocycles. The minimum absolute atomic E-state index is 0.160. The molecule has 4 nitrogen and oxygen atoms in total. The van der Waals surface area contributed by atoms with Crippen molar-refractivity contribution in [1.29, 1.82) is 0 Å². The Hall–Kier alpha value is -1.42. The van der Waals surface area contributed by atoms with Crippen molar-refractivity contribution in [2.45, 2.75) is 37.6 Å². The van der Waals surface area contributed by atoms with Gasteiger partial charge in [-0.1, -0.05) is 6.07 Å². The van der Waals surface area contributed by atoms with E-state index in [1.165, 1.54) is 0 Å². The molecule has 1 atom stereocenters. The highest BCUT2D eigenvalue weighted by Gasteiger charge is 2.47. The predicted octanol–water partition coefficient (Wildman–Crippen LogP) is 1.57. The number of aromatic nitrogens is 1. The van der Waals surface area contributed by atoms with Crippen LogP contribution in [0.3, 0.4) is 0 Å². The molecular weight excluding hydrogens is 216 g/mol. The van der Waals surface area contributed by atoms with Gasteiger partial charge in [0.05, 0.1) is 5.41 Å². The van der Waals surface area contributed by atoms with Crippen molar-refractivity contribution in [1.82, 2.24) is 10.3 Å². The zero-order valence-corrected chi connectivity index (χ0v) is 10.2. The van der Waals surface area contributed by atoms with Crippen LogP contribution in [0.15, 0.2) is 24.5 Å². The second-order valence-electron chi connectivity index (χ2n) is 5.37. The van der Waals surface area contributed by atoms with E-state index in [9.17, 15) is 9.90 Å². The van der Waals surface area contributed by atoms with Gasteiger partial charge in [0.25, 0.3) is 0 Å². The first-order chi connectivity index (χ1) is 7.96. The van der Waals surface area contributed by atoms with Crippen LogP contribution in [-0.2, 0) is 10.2 Å². The van der Waals surface area contributed by atoms with E-state index in [2.05, 4.69) is 10.3 Å². The van der Waals surface area contributed by atoms with E-state index >= 15 is 0 Å². The summed E-state index contributed by atoms with van der Waals surface area (Å²) in [5.41, 5.74) is -0.155. The highest BCUT2D eigenvalue weighted by Crippen LogP contribution is 2.38. The number of nitrogens with zero attached hydrogens (tertiary/aromatic N) is 1. The minimum atomic E-state index is -0.803. The van der Waals surface area contributed by atoms with Gasteiger partial charge in [-0.3, -0.25) is 9.78 Å². The Morgan fingerprint density at radius 3 is 2.82 bits per heavy atom. The maximum absolute atomic E-state index is 11.7. The zero-order valence-electron chi connectivity index (χ0n) is 10.2. The summed E-state index contributed by atoms with van der Waals surface area (Å²) >= 11 is 0. The van der Waals surface area contributed by atoms with Crippen molar-refractivity contribution in [3.63, 3.8) is 0 Å². The molecule has 1 fully saturated rings. The summed E-state index contributed by atoms with van der Waals surface area (Å²) in [7, 11) is 0. The van der Waals surface area contributed by atoms with E-state index in [4.69, 9.17) is 0 Å². The standard InChI is InChI=1S/C13H18N2O2/c1-12(2)9-13(11(16)17,5-7-15-12)10-4-3-6-14-8-10/h3-4,6,8,15H,5,7,9H2,1-2H3,(H,16,17). The van der Waals surface area contributed by atoms with Crippen molar-refractivity contribution >= 4 is 5.97 Å². The molecule has 1 aliphatic rings. The zero-order chi connectivity index (χ0) is 12.5. The van der Waals surface area contributed by atoms with Crippen LogP contribution in [0.5, 0.6) is 0 Å². The van der Waals surface area contributed by atoms with Gasteiger partial charge in [-0.2, -0.15) is 0 Å². The number of aliphatic carboxylic acids is 1. The van der Waals surface area contributed by atoms with E-state index in [-0.39, 0.29) is 5.54 Å². The van der Waals surface area contributed by atoms with E-state index in [0.29, 0.717) is 19.4 Å². The highest BCUT2D eigenvalue weighted by atomic mass is 16.4. The maximum Gasteiger partial charge on any atom is 0.314 e. The molecule has 0 amide bonds.